The fraction of sp³-hybridized carbons (Fsp3) is 0.471. The van der Waals surface area contributed by atoms with Gasteiger partial charge in [0.15, 0.2) is 0 Å². The van der Waals surface area contributed by atoms with Crippen LogP contribution in [-0.4, -0.2) is 13.3 Å². The average Bonchev–Trinajstić information content (AvgIpc) is 3.57. The van der Waals surface area contributed by atoms with E-state index in [-0.39, 0.29) is 0 Å². The molecule has 5 rings (SSSR count). The van der Waals surface area contributed by atoms with Gasteiger partial charge in [-0.05, 0) is 69.6 Å². The lowest BCUT2D eigenvalue weighted by atomic mass is 9.92. The fourth-order valence-electron chi connectivity index (χ4n) is 8.26. The predicted molar refractivity (Wildman–Crippen MR) is 244 cm³/mol. The van der Waals surface area contributed by atoms with Gasteiger partial charge >= 0.3 is 8.75 Å². The number of rotatable bonds is 14. The van der Waals surface area contributed by atoms with E-state index in [4.69, 9.17) is 4.63 Å². The summed E-state index contributed by atoms with van der Waals surface area (Å²) in [7, 11) is -2.02. The lowest BCUT2D eigenvalue weighted by Gasteiger charge is -2.24. The van der Waals surface area contributed by atoms with Gasteiger partial charge in [-0.3, -0.25) is 4.63 Å². The molecule has 0 radical (unpaired) electrons. The fourth-order valence-corrected chi connectivity index (χ4v) is 10.4. The van der Waals surface area contributed by atoms with Crippen molar-refractivity contribution in [3.8, 4) is 11.4 Å². The van der Waals surface area contributed by atoms with Crippen molar-refractivity contribution in [2.75, 3.05) is 4.98 Å². The van der Waals surface area contributed by atoms with E-state index < -0.39 is 8.75 Å². The standard InChI is InChI=1S/C51H71N4Si/c1-31(2)39-21-17-22-40(32(3)4)47(39)52-56(53-48-41(33(5)6)23-18-24-42(48)34(7)8)51-54(49-43(35(9)10)25-19-26-44(49)36(11)12)29-30-55(51)50-45(37(13)14)27-20-28-46(50)38(15)16/h17-38,52H,1-16H3/q+1. The monoisotopic (exact) mass is 768 g/mol. The second-order valence-electron chi connectivity index (χ2n) is 18.4. The first-order valence-corrected chi connectivity index (χ1v) is 22.9. The van der Waals surface area contributed by atoms with Crippen LogP contribution in [0, 0.1) is 0 Å². The molecule has 1 heterocycles. The molecule has 0 saturated heterocycles. The van der Waals surface area contributed by atoms with E-state index in [9.17, 15) is 0 Å². The van der Waals surface area contributed by atoms with Gasteiger partial charge in [-0.15, -0.1) is 0 Å². The normalized spacial score (nSPS) is 12.6. The maximum atomic E-state index is 6.16. The molecule has 5 aromatic rings. The molecule has 0 saturated carbocycles. The molecule has 0 fully saturated rings. The van der Waals surface area contributed by atoms with Crippen molar-refractivity contribution in [1.82, 2.24) is 4.57 Å². The molecule has 0 aliphatic heterocycles. The summed E-state index contributed by atoms with van der Waals surface area (Å²) >= 11 is 0. The molecule has 0 aliphatic carbocycles. The summed E-state index contributed by atoms with van der Waals surface area (Å²) in [5.41, 5.74) is 16.9. The van der Waals surface area contributed by atoms with E-state index in [0.717, 1.165) is 5.69 Å². The van der Waals surface area contributed by atoms with Crippen LogP contribution < -0.4 is 15.0 Å². The highest BCUT2D eigenvalue weighted by molar-refractivity contribution is 6.64. The maximum Gasteiger partial charge on any atom is 0.387 e. The summed E-state index contributed by atoms with van der Waals surface area (Å²) in [4.78, 5) is 4.37. The number of anilines is 1. The number of nitrogens with one attached hydrogen (secondary N) is 1. The summed E-state index contributed by atoms with van der Waals surface area (Å²) in [5.74, 6) is 2.69. The van der Waals surface area contributed by atoms with Gasteiger partial charge in [0.05, 0.1) is 5.69 Å². The van der Waals surface area contributed by atoms with E-state index in [2.05, 4.69) is 210 Å². The number of para-hydroxylation sites is 3. The number of hydrogen-bond acceptors (Lipinski definition) is 1. The molecule has 1 aromatic heterocycles. The molecule has 56 heavy (non-hydrogen) atoms. The Bertz CT molecular complexity index is 1970. The Morgan fingerprint density at radius 3 is 1.18 bits per heavy atom. The van der Waals surface area contributed by atoms with Crippen LogP contribution in [-0.2, 0) is 0 Å². The second kappa shape index (κ2) is 18.0. The summed E-state index contributed by atoms with van der Waals surface area (Å²) in [6.45, 7) is 37.2. The first-order valence-electron chi connectivity index (χ1n) is 21.5. The summed E-state index contributed by atoms with van der Waals surface area (Å²) in [6.07, 6.45) is 4.70. The van der Waals surface area contributed by atoms with Gasteiger partial charge in [0.1, 0.15) is 23.8 Å². The number of imidazole rings is 1. The molecule has 298 valence electrons. The van der Waals surface area contributed by atoms with E-state index in [1.807, 2.05) is 0 Å². The Balaban J connectivity index is 2.09. The third kappa shape index (κ3) is 8.73. The topological polar surface area (TPSA) is 33.2 Å². The molecule has 0 spiro atoms. The molecule has 0 aliphatic rings. The quantitative estimate of drug-likeness (QED) is 0.0886. The van der Waals surface area contributed by atoms with Crippen LogP contribution in [0.2, 0.25) is 0 Å². The average molecular weight is 768 g/mol. The van der Waals surface area contributed by atoms with Gasteiger partial charge in [-0.25, -0.2) is 0 Å². The van der Waals surface area contributed by atoms with E-state index in [0.29, 0.717) is 47.3 Å². The summed E-state index contributed by atoms with van der Waals surface area (Å²) in [6, 6.07) is 27.6. The van der Waals surface area contributed by atoms with Gasteiger partial charge in [0.25, 0.3) is 5.45 Å². The van der Waals surface area contributed by atoms with Gasteiger partial charge in [0.2, 0.25) is 0 Å². The SMILES string of the molecule is CC(C)c1cccc(C(C)C)c1N=[Si](Nc1c(C(C)C)cccc1C(C)C)c1n(-c2c(C(C)C)cccc2C(C)C)cc[n+]1-c1c(C(C)C)cccc1C(C)C. The third-order valence-electron chi connectivity index (χ3n) is 11.4. The van der Waals surface area contributed by atoms with Crippen molar-refractivity contribution in [2.45, 2.75) is 158 Å². The van der Waals surface area contributed by atoms with Crippen LogP contribution in [0.15, 0.2) is 89.8 Å². The van der Waals surface area contributed by atoms with Crippen molar-refractivity contribution in [3.63, 3.8) is 0 Å². The molecule has 4 aromatic carbocycles. The summed E-state index contributed by atoms with van der Waals surface area (Å²) in [5, 5.41) is 0. The highest BCUT2D eigenvalue weighted by Crippen LogP contribution is 2.38. The van der Waals surface area contributed by atoms with Crippen LogP contribution >= 0.6 is 0 Å². The maximum absolute atomic E-state index is 6.16. The highest BCUT2D eigenvalue weighted by atomic mass is 28.3. The highest BCUT2D eigenvalue weighted by Gasteiger charge is 2.35. The molecule has 1 N–H and O–H groups in total. The number of nitrogens with zero attached hydrogens (tertiary/aromatic N) is 3. The summed E-state index contributed by atoms with van der Waals surface area (Å²) < 4.78 is 11.3. The van der Waals surface area contributed by atoms with Crippen molar-refractivity contribution >= 4 is 25.6 Å². The molecular weight excluding hydrogens is 697 g/mol. The predicted octanol–water partition coefficient (Wildman–Crippen LogP) is 14.1. The molecule has 0 amide bonds. The zero-order valence-corrected chi connectivity index (χ0v) is 38.5. The first kappa shape index (κ1) is 43.0. The molecule has 0 unspecified atom stereocenters. The number of aromatic nitrogens is 2. The Kier molecular flexibility index (Phi) is 13.8. The minimum absolute atomic E-state index is 0.326. The van der Waals surface area contributed by atoms with E-state index in [1.54, 1.807) is 0 Å². The Hall–Kier alpha value is -4.09. The zero-order valence-electron chi connectivity index (χ0n) is 37.5. The van der Waals surface area contributed by atoms with Gasteiger partial charge in [-0.2, -0.15) is 9.13 Å². The minimum atomic E-state index is -2.02. The van der Waals surface area contributed by atoms with Gasteiger partial charge in [-0.1, -0.05) is 184 Å². The van der Waals surface area contributed by atoms with Crippen molar-refractivity contribution < 1.29 is 4.57 Å². The number of benzene rings is 4. The molecule has 5 heteroatoms. The Morgan fingerprint density at radius 1 is 0.464 bits per heavy atom. The second-order valence-corrected chi connectivity index (χ2v) is 20.0. The van der Waals surface area contributed by atoms with E-state index >= 15 is 0 Å². The third-order valence-corrected chi connectivity index (χ3v) is 13.2. The van der Waals surface area contributed by atoms with Crippen LogP contribution in [0.5, 0.6) is 0 Å². The molecule has 0 atom stereocenters. The minimum Gasteiger partial charge on any atom is -0.368 e. The first-order chi connectivity index (χ1) is 26.5. The number of hydrogen-bond donors (Lipinski definition) is 1. The van der Waals surface area contributed by atoms with Crippen LogP contribution in [0.4, 0.5) is 11.4 Å². The molecular formula is C51H71N4Si+. The Labute approximate surface area is 342 Å². The van der Waals surface area contributed by atoms with Crippen LogP contribution in [0.25, 0.3) is 11.4 Å². The largest absolute Gasteiger partial charge is 0.387 e. The van der Waals surface area contributed by atoms with Crippen LogP contribution in [0.1, 0.15) is 203 Å². The molecule has 0 bridgehead atoms. The van der Waals surface area contributed by atoms with Crippen molar-refractivity contribution in [2.24, 2.45) is 4.63 Å². The lowest BCUT2D eigenvalue weighted by molar-refractivity contribution is -0.577. The van der Waals surface area contributed by atoms with Crippen molar-refractivity contribution in [3.05, 3.63) is 130 Å². The van der Waals surface area contributed by atoms with Crippen LogP contribution in [0.3, 0.4) is 0 Å². The Morgan fingerprint density at radius 2 is 0.804 bits per heavy atom. The van der Waals surface area contributed by atoms with Crippen molar-refractivity contribution in [1.29, 1.82) is 0 Å². The van der Waals surface area contributed by atoms with E-state index in [1.165, 1.54) is 67.0 Å². The molecule has 4 nitrogen and oxygen atoms in total. The van der Waals surface area contributed by atoms with Gasteiger partial charge in [0, 0.05) is 27.9 Å². The van der Waals surface area contributed by atoms with Gasteiger partial charge < -0.3 is 4.98 Å². The lowest BCUT2D eigenvalue weighted by Crippen LogP contribution is -2.57. The smallest absolute Gasteiger partial charge is 0.368 e. The zero-order chi connectivity index (χ0) is 41.2.